The van der Waals surface area contributed by atoms with Gasteiger partial charge in [-0.05, 0) is 23.1 Å². The monoisotopic (exact) mass is 413 g/mol. The van der Waals surface area contributed by atoms with E-state index in [4.69, 9.17) is 0 Å². The van der Waals surface area contributed by atoms with Gasteiger partial charge in [0.15, 0.2) is 5.82 Å². The molecular formula is C24H23N5O2. The van der Waals surface area contributed by atoms with Crippen LogP contribution >= 0.6 is 0 Å². The van der Waals surface area contributed by atoms with Gasteiger partial charge < -0.3 is 15.3 Å². The lowest BCUT2D eigenvalue weighted by molar-refractivity contribution is 0.0728. The van der Waals surface area contributed by atoms with E-state index in [-0.39, 0.29) is 18.6 Å². The highest BCUT2D eigenvalue weighted by atomic mass is 16.3. The molecule has 156 valence electrons. The molecule has 1 amide bonds. The molecule has 0 aliphatic carbocycles. The molecule has 0 spiro atoms. The molecule has 5 rings (SSSR count). The van der Waals surface area contributed by atoms with Gasteiger partial charge in [0.1, 0.15) is 11.8 Å². The molecule has 31 heavy (non-hydrogen) atoms. The number of benzene rings is 2. The van der Waals surface area contributed by atoms with E-state index in [2.05, 4.69) is 15.4 Å². The van der Waals surface area contributed by atoms with Crippen LogP contribution in [0.2, 0.25) is 0 Å². The number of aromatic nitrogens is 3. The first-order valence-corrected chi connectivity index (χ1v) is 10.4. The Labute approximate surface area is 180 Å². The maximum Gasteiger partial charge on any atom is 0.256 e. The van der Waals surface area contributed by atoms with Gasteiger partial charge in [-0.2, -0.15) is 5.10 Å². The zero-order valence-electron chi connectivity index (χ0n) is 17.0. The SMILES string of the molecule is O=C1c2cn3ncnc(NC(CO)c4ccccc4)c3c2CCN1Cc1ccccc1. The van der Waals surface area contributed by atoms with Gasteiger partial charge in [-0.1, -0.05) is 60.7 Å². The van der Waals surface area contributed by atoms with Crippen LogP contribution in [0.4, 0.5) is 5.82 Å². The third-order valence-electron chi connectivity index (χ3n) is 5.74. The van der Waals surface area contributed by atoms with Crippen LogP contribution in [0.25, 0.3) is 5.52 Å². The lowest BCUT2D eigenvalue weighted by atomic mass is 10.0. The van der Waals surface area contributed by atoms with Crippen molar-refractivity contribution >= 4 is 17.2 Å². The first-order chi connectivity index (χ1) is 15.2. The van der Waals surface area contributed by atoms with Crippen molar-refractivity contribution in [2.75, 3.05) is 18.5 Å². The molecule has 1 atom stereocenters. The van der Waals surface area contributed by atoms with Crippen LogP contribution in [0.5, 0.6) is 0 Å². The Morgan fingerprint density at radius 1 is 1.06 bits per heavy atom. The molecule has 1 aliphatic heterocycles. The molecule has 7 nitrogen and oxygen atoms in total. The average molecular weight is 413 g/mol. The maximum absolute atomic E-state index is 13.2. The minimum absolute atomic E-state index is 0.00307. The van der Waals surface area contributed by atoms with E-state index in [0.29, 0.717) is 24.5 Å². The fourth-order valence-corrected chi connectivity index (χ4v) is 4.17. The van der Waals surface area contributed by atoms with Crippen molar-refractivity contribution in [2.45, 2.75) is 19.0 Å². The van der Waals surface area contributed by atoms with Crippen molar-refractivity contribution in [3.63, 3.8) is 0 Å². The summed E-state index contributed by atoms with van der Waals surface area (Å²) in [7, 11) is 0. The molecule has 0 bridgehead atoms. The van der Waals surface area contributed by atoms with Crippen LogP contribution in [0.3, 0.4) is 0 Å². The molecule has 0 saturated heterocycles. The number of carbonyl (C=O) groups excluding carboxylic acids is 1. The Morgan fingerprint density at radius 2 is 1.81 bits per heavy atom. The van der Waals surface area contributed by atoms with Crippen molar-refractivity contribution in [2.24, 2.45) is 0 Å². The van der Waals surface area contributed by atoms with E-state index in [0.717, 1.165) is 28.6 Å². The minimum atomic E-state index is -0.306. The molecule has 4 aromatic rings. The molecule has 3 heterocycles. The van der Waals surface area contributed by atoms with Crippen molar-refractivity contribution in [3.05, 3.63) is 95.4 Å². The van der Waals surface area contributed by atoms with E-state index in [1.807, 2.05) is 65.6 Å². The molecule has 0 saturated carbocycles. The van der Waals surface area contributed by atoms with Gasteiger partial charge in [0, 0.05) is 19.3 Å². The molecule has 1 aliphatic rings. The van der Waals surface area contributed by atoms with Crippen LogP contribution in [0.1, 0.15) is 33.1 Å². The van der Waals surface area contributed by atoms with Gasteiger partial charge in [0.2, 0.25) is 0 Å². The highest BCUT2D eigenvalue weighted by Crippen LogP contribution is 2.30. The number of anilines is 1. The number of nitrogens with zero attached hydrogens (tertiary/aromatic N) is 4. The quantitative estimate of drug-likeness (QED) is 0.508. The van der Waals surface area contributed by atoms with Gasteiger partial charge in [0.05, 0.1) is 18.2 Å². The predicted octanol–water partition coefficient (Wildman–Crippen LogP) is 3.07. The van der Waals surface area contributed by atoms with Gasteiger partial charge in [-0.15, -0.1) is 0 Å². The lowest BCUT2D eigenvalue weighted by Gasteiger charge is -2.27. The number of aliphatic hydroxyl groups excluding tert-OH is 1. The standard InChI is InChI=1S/C24H23N5O2/c30-15-21(18-9-5-2-6-10-18)27-23-22-19-11-12-28(13-17-7-3-1-4-8-17)24(31)20(19)14-29(22)26-16-25-23/h1-10,14,16,21,30H,11-13,15H2,(H,25,26,27). The van der Waals surface area contributed by atoms with Crippen molar-refractivity contribution in [1.82, 2.24) is 19.5 Å². The largest absolute Gasteiger partial charge is 0.394 e. The number of carbonyl (C=O) groups is 1. The second-order valence-electron chi connectivity index (χ2n) is 7.68. The van der Waals surface area contributed by atoms with Crippen molar-refractivity contribution in [3.8, 4) is 0 Å². The highest BCUT2D eigenvalue weighted by molar-refractivity contribution is 6.00. The second kappa shape index (κ2) is 8.20. The summed E-state index contributed by atoms with van der Waals surface area (Å²) in [6.07, 6.45) is 3.97. The third kappa shape index (κ3) is 3.64. The van der Waals surface area contributed by atoms with Gasteiger partial charge in [0.25, 0.3) is 5.91 Å². The third-order valence-corrected chi connectivity index (χ3v) is 5.74. The molecule has 2 aromatic carbocycles. The molecule has 0 radical (unpaired) electrons. The second-order valence-corrected chi connectivity index (χ2v) is 7.68. The van der Waals surface area contributed by atoms with Gasteiger partial charge in [-0.3, -0.25) is 4.79 Å². The number of hydrogen-bond donors (Lipinski definition) is 2. The van der Waals surface area contributed by atoms with Crippen LogP contribution in [0, 0.1) is 0 Å². The van der Waals surface area contributed by atoms with Gasteiger partial charge in [-0.25, -0.2) is 9.50 Å². The Morgan fingerprint density at radius 3 is 2.55 bits per heavy atom. The molecule has 1 unspecified atom stereocenters. The van der Waals surface area contributed by atoms with Crippen LogP contribution < -0.4 is 5.32 Å². The number of hydrogen-bond acceptors (Lipinski definition) is 5. The van der Waals surface area contributed by atoms with E-state index in [1.54, 1.807) is 10.7 Å². The summed E-state index contributed by atoms with van der Waals surface area (Å²) in [5.74, 6) is 0.617. The smallest absolute Gasteiger partial charge is 0.256 e. The maximum atomic E-state index is 13.2. The summed E-state index contributed by atoms with van der Waals surface area (Å²) in [6, 6.07) is 19.5. The fourth-order valence-electron chi connectivity index (χ4n) is 4.17. The van der Waals surface area contributed by atoms with E-state index in [9.17, 15) is 9.90 Å². The number of aliphatic hydroxyl groups is 1. The van der Waals surface area contributed by atoms with E-state index in [1.165, 1.54) is 6.33 Å². The molecule has 7 heteroatoms. The van der Waals surface area contributed by atoms with Crippen LogP contribution in [0.15, 0.2) is 73.2 Å². The number of amides is 1. The normalized spacial score (nSPS) is 14.5. The Balaban J connectivity index is 1.47. The Hall–Kier alpha value is -3.71. The number of nitrogens with one attached hydrogen (secondary N) is 1. The zero-order chi connectivity index (χ0) is 21.2. The average Bonchev–Trinajstić information content (AvgIpc) is 3.21. The number of rotatable bonds is 6. The van der Waals surface area contributed by atoms with Crippen molar-refractivity contribution < 1.29 is 9.90 Å². The summed E-state index contributed by atoms with van der Waals surface area (Å²) >= 11 is 0. The minimum Gasteiger partial charge on any atom is -0.394 e. The summed E-state index contributed by atoms with van der Waals surface area (Å²) in [6.45, 7) is 1.15. The molecule has 2 aromatic heterocycles. The first kappa shape index (κ1) is 19.3. The highest BCUT2D eigenvalue weighted by Gasteiger charge is 2.29. The Bertz CT molecular complexity index is 1210. The summed E-state index contributed by atoms with van der Waals surface area (Å²) in [5.41, 5.74) is 4.47. The summed E-state index contributed by atoms with van der Waals surface area (Å²) in [5, 5.41) is 17.6. The van der Waals surface area contributed by atoms with Crippen LogP contribution in [-0.2, 0) is 13.0 Å². The van der Waals surface area contributed by atoms with Gasteiger partial charge >= 0.3 is 0 Å². The topological polar surface area (TPSA) is 82.8 Å². The molecule has 0 fully saturated rings. The predicted molar refractivity (Wildman–Crippen MR) is 118 cm³/mol. The summed E-state index contributed by atoms with van der Waals surface area (Å²) < 4.78 is 1.71. The molecular weight excluding hydrogens is 390 g/mol. The molecule has 2 N–H and O–H groups in total. The lowest BCUT2D eigenvalue weighted by Crippen LogP contribution is -2.36. The van der Waals surface area contributed by atoms with Crippen LogP contribution in [-0.4, -0.2) is 43.7 Å². The van der Waals surface area contributed by atoms with E-state index >= 15 is 0 Å². The van der Waals surface area contributed by atoms with Crippen molar-refractivity contribution in [1.29, 1.82) is 0 Å². The van der Waals surface area contributed by atoms with E-state index < -0.39 is 0 Å². The summed E-state index contributed by atoms with van der Waals surface area (Å²) in [4.78, 5) is 19.5. The zero-order valence-corrected chi connectivity index (χ0v) is 17.0. The first-order valence-electron chi connectivity index (χ1n) is 10.4. The fraction of sp³-hybridized carbons (Fsp3) is 0.208. The number of fused-ring (bicyclic) bond motifs is 3. The Kier molecular flexibility index (Phi) is 5.09.